The Bertz CT molecular complexity index is 869. The predicted molar refractivity (Wildman–Crippen MR) is 129 cm³/mol. The van der Waals surface area contributed by atoms with Gasteiger partial charge in [0.05, 0.1) is 6.04 Å². The van der Waals surface area contributed by atoms with Crippen molar-refractivity contribution in [2.24, 2.45) is 29.4 Å². The van der Waals surface area contributed by atoms with Gasteiger partial charge in [-0.3, -0.25) is 9.59 Å². The Morgan fingerprint density at radius 2 is 1.56 bits per heavy atom. The third-order valence-electron chi connectivity index (χ3n) is 6.80. The number of hydrogen-bond donors (Lipinski definition) is 3. The minimum Gasteiger partial charge on any atom is -0.353 e. The van der Waals surface area contributed by atoms with E-state index >= 15 is 0 Å². The Kier molecular flexibility index (Phi) is 8.46. The fraction of sp³-hybridized carbons (Fsp3) is 0.481. The summed E-state index contributed by atoms with van der Waals surface area (Å²) in [5.74, 6) is 1.31. The van der Waals surface area contributed by atoms with Crippen LogP contribution in [0.3, 0.4) is 0 Å². The van der Waals surface area contributed by atoms with Crippen LogP contribution in [-0.4, -0.2) is 18.4 Å². The summed E-state index contributed by atoms with van der Waals surface area (Å²) >= 11 is 0. The Balaban J connectivity index is 1.69. The quantitative estimate of drug-likeness (QED) is 0.576. The van der Waals surface area contributed by atoms with Crippen LogP contribution in [0.5, 0.6) is 0 Å². The normalized spacial score (nSPS) is 22.7. The number of hydrogen-bond acceptors (Lipinski definition) is 3. The first-order valence-corrected chi connectivity index (χ1v) is 11.8. The molecular weight excluding hydrogens is 398 g/mol. The summed E-state index contributed by atoms with van der Waals surface area (Å²) < 4.78 is 0. The number of carbonyl (C=O) groups excluding carboxylic acids is 2. The van der Waals surface area contributed by atoms with Crippen LogP contribution in [0.1, 0.15) is 63.2 Å². The monoisotopic (exact) mass is 435 g/mol. The second kappa shape index (κ2) is 11.3. The minimum absolute atomic E-state index is 0.0254. The molecular formula is C27H37N3O2. The first kappa shape index (κ1) is 24.0. The van der Waals surface area contributed by atoms with E-state index in [0.29, 0.717) is 24.3 Å². The van der Waals surface area contributed by atoms with Crippen molar-refractivity contribution >= 4 is 11.8 Å². The van der Waals surface area contributed by atoms with E-state index in [2.05, 4.69) is 31.4 Å². The predicted octanol–water partition coefficient (Wildman–Crippen LogP) is 4.37. The molecule has 0 bridgehead atoms. The van der Waals surface area contributed by atoms with Gasteiger partial charge in [0.1, 0.15) is 6.04 Å². The highest BCUT2D eigenvalue weighted by Crippen LogP contribution is 2.38. The highest BCUT2D eigenvalue weighted by Gasteiger charge is 2.35. The fourth-order valence-electron chi connectivity index (χ4n) is 4.85. The SMILES string of the molecule is CC(C)[C@@H]1CC[C@@H](C)C[C@H]1C(=O)NC[C@@H](NC(=O)[C@H](N)c1ccccc1)c1ccccc1. The minimum atomic E-state index is -0.761. The molecule has 0 heterocycles. The van der Waals surface area contributed by atoms with E-state index in [1.807, 2.05) is 60.7 Å². The Morgan fingerprint density at radius 3 is 2.16 bits per heavy atom. The molecule has 0 aromatic heterocycles. The van der Waals surface area contributed by atoms with Gasteiger partial charge in [0.15, 0.2) is 0 Å². The maximum Gasteiger partial charge on any atom is 0.242 e. The molecule has 0 spiro atoms. The molecule has 2 aromatic rings. The zero-order chi connectivity index (χ0) is 23.1. The standard InChI is InChI=1S/C27H37N3O2/c1-18(2)22-15-14-19(3)16-23(22)26(31)29-17-24(20-10-6-4-7-11-20)30-27(32)25(28)21-12-8-5-9-13-21/h4-13,18-19,22-25H,14-17,28H2,1-3H3,(H,29,31)(H,30,32)/t19-,22+,23-,24-,25-/m1/s1. The lowest BCUT2D eigenvalue weighted by atomic mass is 9.70. The highest BCUT2D eigenvalue weighted by atomic mass is 16.2. The number of nitrogens with one attached hydrogen (secondary N) is 2. The van der Waals surface area contributed by atoms with E-state index < -0.39 is 6.04 Å². The summed E-state index contributed by atoms with van der Waals surface area (Å²) in [5, 5.41) is 6.20. The molecule has 0 aliphatic heterocycles. The molecule has 1 saturated carbocycles. The van der Waals surface area contributed by atoms with Gasteiger partial charge in [-0.15, -0.1) is 0 Å². The van der Waals surface area contributed by atoms with E-state index in [1.54, 1.807) is 0 Å². The topological polar surface area (TPSA) is 84.2 Å². The van der Waals surface area contributed by atoms with Gasteiger partial charge in [-0.05, 0) is 41.7 Å². The van der Waals surface area contributed by atoms with E-state index in [-0.39, 0.29) is 23.8 Å². The van der Waals surface area contributed by atoms with Gasteiger partial charge in [-0.1, -0.05) is 87.9 Å². The number of rotatable bonds is 8. The molecule has 2 aromatic carbocycles. The maximum absolute atomic E-state index is 13.2. The van der Waals surface area contributed by atoms with Crippen molar-refractivity contribution in [3.8, 4) is 0 Å². The van der Waals surface area contributed by atoms with E-state index in [4.69, 9.17) is 5.73 Å². The van der Waals surface area contributed by atoms with Crippen LogP contribution >= 0.6 is 0 Å². The average Bonchev–Trinajstić information content (AvgIpc) is 2.81. The molecule has 0 unspecified atom stereocenters. The van der Waals surface area contributed by atoms with E-state index in [0.717, 1.165) is 24.0 Å². The molecule has 5 heteroatoms. The first-order valence-electron chi connectivity index (χ1n) is 11.8. The smallest absolute Gasteiger partial charge is 0.242 e. The number of nitrogens with two attached hydrogens (primary N) is 1. The van der Waals surface area contributed by atoms with Crippen LogP contribution in [0, 0.1) is 23.7 Å². The first-order chi connectivity index (χ1) is 15.4. The third kappa shape index (κ3) is 6.19. The number of benzene rings is 2. The molecule has 0 saturated heterocycles. The van der Waals surface area contributed by atoms with Gasteiger partial charge in [-0.25, -0.2) is 0 Å². The molecule has 1 aliphatic carbocycles. The number of carbonyl (C=O) groups is 2. The molecule has 32 heavy (non-hydrogen) atoms. The van der Waals surface area contributed by atoms with Crippen molar-refractivity contribution in [3.63, 3.8) is 0 Å². The second-order valence-corrected chi connectivity index (χ2v) is 9.54. The number of amides is 2. The van der Waals surface area contributed by atoms with Crippen LogP contribution in [0.4, 0.5) is 0 Å². The van der Waals surface area contributed by atoms with Crippen LogP contribution in [-0.2, 0) is 9.59 Å². The van der Waals surface area contributed by atoms with Crippen molar-refractivity contribution < 1.29 is 9.59 Å². The largest absolute Gasteiger partial charge is 0.353 e. The van der Waals surface area contributed by atoms with Crippen LogP contribution in [0.2, 0.25) is 0 Å². The van der Waals surface area contributed by atoms with Crippen LogP contribution in [0.15, 0.2) is 60.7 Å². The molecule has 4 N–H and O–H groups in total. The highest BCUT2D eigenvalue weighted by molar-refractivity contribution is 5.83. The van der Waals surface area contributed by atoms with E-state index in [1.165, 1.54) is 6.42 Å². The second-order valence-electron chi connectivity index (χ2n) is 9.54. The summed E-state index contributed by atoms with van der Waals surface area (Å²) in [6.07, 6.45) is 3.21. The molecule has 2 amide bonds. The van der Waals surface area contributed by atoms with Crippen molar-refractivity contribution in [1.29, 1.82) is 0 Å². The molecule has 3 rings (SSSR count). The Morgan fingerprint density at radius 1 is 0.969 bits per heavy atom. The van der Waals surface area contributed by atoms with Gasteiger partial charge in [0.25, 0.3) is 0 Å². The lowest BCUT2D eigenvalue weighted by molar-refractivity contribution is -0.130. The van der Waals surface area contributed by atoms with Crippen LogP contribution in [0.25, 0.3) is 0 Å². The molecule has 172 valence electrons. The van der Waals surface area contributed by atoms with Crippen molar-refractivity contribution in [3.05, 3.63) is 71.8 Å². The molecule has 1 aliphatic rings. The van der Waals surface area contributed by atoms with Crippen molar-refractivity contribution in [2.75, 3.05) is 6.54 Å². The molecule has 5 atom stereocenters. The molecule has 5 nitrogen and oxygen atoms in total. The third-order valence-corrected chi connectivity index (χ3v) is 6.80. The summed E-state index contributed by atoms with van der Waals surface area (Å²) in [6, 6.07) is 18.0. The van der Waals surface area contributed by atoms with Gasteiger partial charge in [0.2, 0.25) is 11.8 Å². The zero-order valence-corrected chi connectivity index (χ0v) is 19.5. The summed E-state index contributed by atoms with van der Waals surface area (Å²) in [7, 11) is 0. The lowest BCUT2D eigenvalue weighted by Gasteiger charge is -2.36. The summed E-state index contributed by atoms with van der Waals surface area (Å²) in [6.45, 7) is 6.98. The molecule has 0 radical (unpaired) electrons. The van der Waals surface area contributed by atoms with Crippen molar-refractivity contribution in [2.45, 2.75) is 52.1 Å². The Hall–Kier alpha value is -2.66. The Labute approximate surface area is 192 Å². The summed E-state index contributed by atoms with van der Waals surface area (Å²) in [4.78, 5) is 26.1. The van der Waals surface area contributed by atoms with Gasteiger partial charge in [0, 0.05) is 12.5 Å². The lowest BCUT2D eigenvalue weighted by Crippen LogP contribution is -2.45. The van der Waals surface area contributed by atoms with Gasteiger partial charge >= 0.3 is 0 Å². The fourth-order valence-corrected chi connectivity index (χ4v) is 4.85. The van der Waals surface area contributed by atoms with Gasteiger partial charge in [-0.2, -0.15) is 0 Å². The van der Waals surface area contributed by atoms with Crippen molar-refractivity contribution in [1.82, 2.24) is 10.6 Å². The average molecular weight is 436 g/mol. The zero-order valence-electron chi connectivity index (χ0n) is 19.5. The van der Waals surface area contributed by atoms with E-state index in [9.17, 15) is 9.59 Å². The molecule has 1 fully saturated rings. The summed E-state index contributed by atoms with van der Waals surface area (Å²) in [5.41, 5.74) is 7.91. The van der Waals surface area contributed by atoms with Crippen LogP contribution < -0.4 is 16.4 Å². The van der Waals surface area contributed by atoms with Gasteiger partial charge < -0.3 is 16.4 Å². The maximum atomic E-state index is 13.2.